The van der Waals surface area contributed by atoms with Crippen molar-refractivity contribution < 1.29 is 5.48 Å². The Balaban J connectivity index is 0.000001000. The van der Waals surface area contributed by atoms with Crippen LogP contribution < -0.4 is 5.32 Å². The largest absolute Gasteiger partial charge is 0.412 e. The second kappa shape index (κ2) is 5.27. The minimum absolute atomic E-state index is 0. The highest BCUT2D eigenvalue weighted by Crippen LogP contribution is 1.95. The summed E-state index contributed by atoms with van der Waals surface area (Å²) >= 11 is 0. The van der Waals surface area contributed by atoms with E-state index in [1.807, 2.05) is 36.5 Å². The molecule has 0 fully saturated rings. The molecule has 3 nitrogen and oxygen atoms in total. The van der Waals surface area contributed by atoms with Crippen molar-refractivity contribution in [1.29, 1.82) is 5.26 Å². The Morgan fingerprint density at radius 1 is 1.27 bits per heavy atom. The first-order chi connectivity index (χ1) is 4.93. The van der Waals surface area contributed by atoms with E-state index in [-0.39, 0.29) is 5.48 Å². The quantitative estimate of drug-likeness (QED) is 0.490. The molecule has 0 unspecified atom stereocenters. The number of hydrogen-bond donors (Lipinski definition) is 1. The van der Waals surface area contributed by atoms with Gasteiger partial charge in [0.2, 0.25) is 0 Å². The van der Waals surface area contributed by atoms with Gasteiger partial charge in [0.05, 0.1) is 0 Å². The number of nitrogens with one attached hydrogen (secondary N) is 1. The van der Waals surface area contributed by atoms with Crippen LogP contribution in [0.25, 0.3) is 0 Å². The molecule has 0 saturated heterocycles. The van der Waals surface area contributed by atoms with Gasteiger partial charge in [-0.3, -0.25) is 0 Å². The van der Waals surface area contributed by atoms with Gasteiger partial charge in [-0.1, -0.05) is 30.3 Å². The van der Waals surface area contributed by atoms with E-state index in [1.165, 1.54) is 0 Å². The predicted molar refractivity (Wildman–Crippen MR) is 42.5 cm³/mol. The van der Waals surface area contributed by atoms with Crippen molar-refractivity contribution in [2.75, 3.05) is 0 Å². The molecule has 3 heteroatoms. The van der Waals surface area contributed by atoms with Gasteiger partial charge in [0.15, 0.2) is 6.19 Å². The summed E-state index contributed by atoms with van der Waals surface area (Å²) in [6.45, 7) is 0.622. The summed E-state index contributed by atoms with van der Waals surface area (Å²) in [4.78, 5) is 0. The predicted octanol–water partition coefficient (Wildman–Crippen LogP) is 0.433. The minimum Gasteiger partial charge on any atom is -0.412 e. The van der Waals surface area contributed by atoms with E-state index in [2.05, 4.69) is 5.32 Å². The SMILES string of the molecule is N#CNCc1ccccc1.O. The standard InChI is InChI=1S/C8H8N2.H2O/c9-7-10-6-8-4-2-1-3-5-8;/h1-5,10H,6H2;1H2. The number of nitriles is 1. The molecular formula is C8H10N2O. The van der Waals surface area contributed by atoms with Gasteiger partial charge in [0.25, 0.3) is 0 Å². The van der Waals surface area contributed by atoms with Gasteiger partial charge in [-0.15, -0.1) is 0 Å². The normalized spacial score (nSPS) is 7.55. The summed E-state index contributed by atoms with van der Waals surface area (Å²) in [5, 5.41) is 10.7. The van der Waals surface area contributed by atoms with Gasteiger partial charge in [-0.05, 0) is 5.56 Å². The number of nitrogens with zero attached hydrogens (tertiary/aromatic N) is 1. The van der Waals surface area contributed by atoms with Gasteiger partial charge >= 0.3 is 0 Å². The Morgan fingerprint density at radius 3 is 2.45 bits per heavy atom. The van der Waals surface area contributed by atoms with Crippen LogP contribution in [0.1, 0.15) is 5.56 Å². The second-order valence-corrected chi connectivity index (χ2v) is 1.95. The third kappa shape index (κ3) is 3.23. The zero-order chi connectivity index (χ0) is 7.23. The number of hydrogen-bond acceptors (Lipinski definition) is 2. The van der Waals surface area contributed by atoms with Crippen LogP contribution in [0.2, 0.25) is 0 Å². The molecule has 0 bridgehead atoms. The van der Waals surface area contributed by atoms with Crippen LogP contribution in [0.3, 0.4) is 0 Å². The summed E-state index contributed by atoms with van der Waals surface area (Å²) < 4.78 is 0. The monoisotopic (exact) mass is 150 g/mol. The van der Waals surface area contributed by atoms with Crippen LogP contribution in [-0.2, 0) is 6.54 Å². The minimum atomic E-state index is 0. The van der Waals surface area contributed by atoms with Crippen molar-refractivity contribution in [2.45, 2.75) is 6.54 Å². The van der Waals surface area contributed by atoms with Gasteiger partial charge in [-0.2, -0.15) is 5.26 Å². The summed E-state index contributed by atoms with van der Waals surface area (Å²) in [7, 11) is 0. The molecule has 0 amide bonds. The van der Waals surface area contributed by atoms with E-state index in [0.717, 1.165) is 5.56 Å². The fraction of sp³-hybridized carbons (Fsp3) is 0.125. The average molecular weight is 150 g/mol. The molecule has 0 aliphatic carbocycles. The first-order valence-corrected chi connectivity index (χ1v) is 3.09. The fourth-order valence-corrected chi connectivity index (χ4v) is 0.737. The first kappa shape index (κ1) is 9.47. The van der Waals surface area contributed by atoms with Crippen LogP contribution in [0.4, 0.5) is 0 Å². The summed E-state index contributed by atoms with van der Waals surface area (Å²) in [5.74, 6) is 0. The zero-order valence-corrected chi connectivity index (χ0v) is 6.04. The third-order valence-corrected chi connectivity index (χ3v) is 1.21. The Bertz CT molecular complexity index is 228. The Kier molecular flexibility index (Phi) is 4.54. The van der Waals surface area contributed by atoms with Gasteiger partial charge in [0, 0.05) is 6.54 Å². The maximum atomic E-state index is 8.17. The van der Waals surface area contributed by atoms with E-state index >= 15 is 0 Å². The van der Waals surface area contributed by atoms with Crippen molar-refractivity contribution in [3.63, 3.8) is 0 Å². The summed E-state index contributed by atoms with van der Waals surface area (Å²) in [5.41, 5.74) is 1.13. The molecule has 0 radical (unpaired) electrons. The molecule has 58 valence electrons. The van der Waals surface area contributed by atoms with Crippen LogP contribution in [-0.4, -0.2) is 5.48 Å². The molecule has 0 aromatic heterocycles. The lowest BCUT2D eigenvalue weighted by Gasteiger charge is -1.95. The average Bonchev–Trinajstić information content (AvgIpc) is 2.03. The Labute approximate surface area is 65.6 Å². The second-order valence-electron chi connectivity index (χ2n) is 1.95. The van der Waals surface area contributed by atoms with Crippen molar-refractivity contribution in [3.8, 4) is 6.19 Å². The maximum Gasteiger partial charge on any atom is 0.176 e. The fourth-order valence-electron chi connectivity index (χ4n) is 0.737. The highest BCUT2D eigenvalue weighted by Gasteiger charge is 1.85. The van der Waals surface area contributed by atoms with Gasteiger partial charge in [-0.25, -0.2) is 0 Å². The van der Waals surface area contributed by atoms with Crippen molar-refractivity contribution in [2.24, 2.45) is 0 Å². The van der Waals surface area contributed by atoms with Crippen molar-refractivity contribution in [3.05, 3.63) is 35.9 Å². The number of benzene rings is 1. The number of rotatable bonds is 2. The lowest BCUT2D eigenvalue weighted by molar-refractivity contribution is 0.824. The third-order valence-electron chi connectivity index (χ3n) is 1.21. The molecule has 1 rings (SSSR count). The highest BCUT2D eigenvalue weighted by atomic mass is 16.0. The van der Waals surface area contributed by atoms with E-state index < -0.39 is 0 Å². The van der Waals surface area contributed by atoms with Gasteiger partial charge < -0.3 is 10.8 Å². The van der Waals surface area contributed by atoms with Crippen LogP contribution >= 0.6 is 0 Å². The van der Waals surface area contributed by atoms with Gasteiger partial charge in [0.1, 0.15) is 0 Å². The molecule has 11 heavy (non-hydrogen) atoms. The maximum absolute atomic E-state index is 8.17. The molecular weight excluding hydrogens is 140 g/mol. The Morgan fingerprint density at radius 2 is 1.91 bits per heavy atom. The smallest absolute Gasteiger partial charge is 0.176 e. The zero-order valence-electron chi connectivity index (χ0n) is 6.04. The van der Waals surface area contributed by atoms with E-state index in [4.69, 9.17) is 5.26 Å². The van der Waals surface area contributed by atoms with Crippen LogP contribution in [0, 0.1) is 11.5 Å². The molecule has 0 spiro atoms. The Hall–Kier alpha value is -1.53. The molecule has 3 N–H and O–H groups in total. The summed E-state index contributed by atoms with van der Waals surface area (Å²) in [6.07, 6.45) is 1.87. The summed E-state index contributed by atoms with van der Waals surface area (Å²) in [6, 6.07) is 9.81. The molecule has 0 saturated carbocycles. The topological polar surface area (TPSA) is 67.3 Å². The van der Waals surface area contributed by atoms with E-state index in [9.17, 15) is 0 Å². The van der Waals surface area contributed by atoms with Crippen LogP contribution in [0.15, 0.2) is 30.3 Å². The molecule has 0 aliphatic heterocycles. The van der Waals surface area contributed by atoms with E-state index in [0.29, 0.717) is 6.54 Å². The molecule has 1 aromatic carbocycles. The van der Waals surface area contributed by atoms with Crippen LogP contribution in [0.5, 0.6) is 0 Å². The molecule has 1 aromatic rings. The van der Waals surface area contributed by atoms with E-state index in [1.54, 1.807) is 0 Å². The lowest BCUT2D eigenvalue weighted by atomic mass is 10.2. The first-order valence-electron chi connectivity index (χ1n) is 3.09. The molecule has 0 aliphatic rings. The molecule has 0 heterocycles. The lowest BCUT2D eigenvalue weighted by Crippen LogP contribution is -2.03. The molecule has 0 atom stereocenters. The van der Waals surface area contributed by atoms with Crippen molar-refractivity contribution in [1.82, 2.24) is 5.32 Å². The van der Waals surface area contributed by atoms with Crippen molar-refractivity contribution >= 4 is 0 Å². The highest BCUT2D eigenvalue weighted by molar-refractivity contribution is 5.14.